The zero-order chi connectivity index (χ0) is 15.3. The summed E-state index contributed by atoms with van der Waals surface area (Å²) in [5.74, 6) is 0. The fourth-order valence-electron chi connectivity index (χ4n) is 1.53. The van der Waals surface area contributed by atoms with Gasteiger partial charge in [-0.15, -0.1) is 0 Å². The van der Waals surface area contributed by atoms with Crippen LogP contribution in [0, 0.1) is 0 Å². The summed E-state index contributed by atoms with van der Waals surface area (Å²) in [7, 11) is -4.14. The van der Waals surface area contributed by atoms with E-state index in [-0.39, 0.29) is 9.88 Å². The van der Waals surface area contributed by atoms with Crippen LogP contribution in [0.3, 0.4) is 0 Å². The summed E-state index contributed by atoms with van der Waals surface area (Å²) < 4.78 is 49.9. The number of thiocarbonyl (C=S) groups is 1. The smallest absolute Gasteiger partial charge is 0.252 e. The maximum atomic E-state index is 12.4. The Morgan fingerprint density at radius 3 is 2.60 bits per heavy atom. The topological polar surface area (TPSA) is 83.6 Å². The second kappa shape index (κ2) is 7.02. The minimum atomic E-state index is -4.14. The molecule has 0 aromatic heterocycles. The van der Waals surface area contributed by atoms with E-state index in [2.05, 4.69) is 0 Å². The number of benzene rings is 1. The molecule has 5 nitrogen and oxygen atoms in total. The van der Waals surface area contributed by atoms with Crippen molar-refractivity contribution in [2.45, 2.75) is 11.3 Å². The van der Waals surface area contributed by atoms with Crippen LogP contribution < -0.4 is 5.73 Å². The van der Waals surface area contributed by atoms with Gasteiger partial charge in [0.2, 0.25) is 10.0 Å². The maximum Gasteiger partial charge on any atom is 0.252 e. The van der Waals surface area contributed by atoms with Crippen molar-refractivity contribution < 1.29 is 22.3 Å². The van der Waals surface area contributed by atoms with Crippen molar-refractivity contribution >= 4 is 27.2 Å². The van der Waals surface area contributed by atoms with Gasteiger partial charge in [0.1, 0.15) is 4.99 Å². The van der Waals surface area contributed by atoms with Gasteiger partial charge in [0.15, 0.2) is 0 Å². The second-order valence-corrected chi connectivity index (χ2v) is 6.25. The van der Waals surface area contributed by atoms with E-state index in [0.717, 1.165) is 0 Å². The molecule has 0 aliphatic heterocycles. The largest absolute Gasteiger partial charge is 0.395 e. The van der Waals surface area contributed by atoms with Gasteiger partial charge in [0.25, 0.3) is 6.43 Å². The molecule has 3 N–H and O–H groups in total. The van der Waals surface area contributed by atoms with Crippen molar-refractivity contribution in [1.29, 1.82) is 0 Å². The third-order valence-electron chi connectivity index (χ3n) is 2.45. The van der Waals surface area contributed by atoms with Crippen molar-refractivity contribution in [2.75, 3.05) is 19.7 Å². The highest BCUT2D eigenvalue weighted by molar-refractivity contribution is 7.89. The molecule has 9 heteroatoms. The van der Waals surface area contributed by atoms with Crippen LogP contribution in [0.2, 0.25) is 0 Å². The first-order valence-corrected chi connectivity index (χ1v) is 7.43. The number of aliphatic hydroxyl groups is 1. The number of halogens is 2. The van der Waals surface area contributed by atoms with Crippen LogP contribution in [-0.2, 0) is 10.0 Å². The van der Waals surface area contributed by atoms with Crippen LogP contribution in [0.5, 0.6) is 0 Å². The van der Waals surface area contributed by atoms with Gasteiger partial charge in [0, 0.05) is 12.1 Å². The van der Waals surface area contributed by atoms with Crippen LogP contribution in [0.4, 0.5) is 8.78 Å². The maximum absolute atomic E-state index is 12.4. The standard InChI is InChI=1S/C11H14F2N2O3S2/c12-10(13)7-15(4-5-16)20(17,18)9-3-1-2-8(6-9)11(14)19/h1-3,6,10,16H,4-5,7H2,(H2,14,19). The van der Waals surface area contributed by atoms with E-state index in [1.807, 2.05) is 0 Å². The van der Waals surface area contributed by atoms with Gasteiger partial charge in [-0.3, -0.25) is 0 Å². The van der Waals surface area contributed by atoms with Gasteiger partial charge in [-0.1, -0.05) is 24.4 Å². The lowest BCUT2D eigenvalue weighted by molar-refractivity contribution is 0.113. The zero-order valence-corrected chi connectivity index (χ0v) is 12.0. The summed E-state index contributed by atoms with van der Waals surface area (Å²) >= 11 is 4.74. The monoisotopic (exact) mass is 324 g/mol. The third kappa shape index (κ3) is 4.17. The molecule has 0 saturated carbocycles. The first kappa shape index (κ1) is 16.9. The summed E-state index contributed by atoms with van der Waals surface area (Å²) in [5.41, 5.74) is 5.73. The van der Waals surface area contributed by atoms with Crippen molar-refractivity contribution in [2.24, 2.45) is 5.73 Å². The molecule has 0 heterocycles. The molecular weight excluding hydrogens is 310 g/mol. The molecule has 1 aromatic carbocycles. The SMILES string of the molecule is NC(=S)c1cccc(S(=O)(=O)N(CCO)CC(F)F)c1. The average Bonchev–Trinajstić information content (AvgIpc) is 2.38. The Morgan fingerprint density at radius 2 is 2.10 bits per heavy atom. The minimum Gasteiger partial charge on any atom is -0.395 e. The molecule has 0 aliphatic rings. The number of sulfonamides is 1. The average molecular weight is 324 g/mol. The Labute approximate surface area is 121 Å². The van der Waals surface area contributed by atoms with E-state index in [1.165, 1.54) is 24.3 Å². The molecule has 1 rings (SSSR count). The summed E-state index contributed by atoms with van der Waals surface area (Å²) in [5, 5.41) is 8.81. The van der Waals surface area contributed by atoms with Gasteiger partial charge >= 0.3 is 0 Å². The Balaban J connectivity index is 3.18. The van der Waals surface area contributed by atoms with Gasteiger partial charge in [-0.05, 0) is 12.1 Å². The number of nitrogens with zero attached hydrogens (tertiary/aromatic N) is 1. The quantitative estimate of drug-likeness (QED) is 0.717. The number of nitrogens with two attached hydrogens (primary N) is 1. The van der Waals surface area contributed by atoms with Gasteiger partial charge in [-0.2, -0.15) is 4.31 Å². The van der Waals surface area contributed by atoms with E-state index in [0.29, 0.717) is 9.87 Å². The van der Waals surface area contributed by atoms with Crippen LogP contribution in [0.1, 0.15) is 5.56 Å². The molecule has 0 saturated heterocycles. The van der Waals surface area contributed by atoms with Gasteiger partial charge < -0.3 is 10.8 Å². The summed E-state index contributed by atoms with van der Waals surface area (Å²) in [4.78, 5) is -0.193. The number of alkyl halides is 2. The van der Waals surface area contributed by atoms with Crippen LogP contribution in [-0.4, -0.2) is 48.9 Å². The predicted octanol–water partition coefficient (Wildman–Crippen LogP) is 0.569. The molecule has 0 amide bonds. The van der Waals surface area contributed by atoms with E-state index in [4.69, 9.17) is 23.1 Å². The Kier molecular flexibility index (Phi) is 5.93. The molecule has 112 valence electrons. The van der Waals surface area contributed by atoms with Crippen LogP contribution in [0.25, 0.3) is 0 Å². The predicted molar refractivity (Wildman–Crippen MR) is 74.2 cm³/mol. The number of aliphatic hydroxyl groups excluding tert-OH is 1. The molecule has 0 spiro atoms. The highest BCUT2D eigenvalue weighted by Crippen LogP contribution is 2.18. The Hall–Kier alpha value is -1.16. The molecule has 0 atom stereocenters. The summed E-state index contributed by atoms with van der Waals surface area (Å²) in [6, 6.07) is 5.41. The van der Waals surface area contributed by atoms with Crippen molar-refractivity contribution in [3.05, 3.63) is 29.8 Å². The number of hydrogen-bond donors (Lipinski definition) is 2. The van der Waals surface area contributed by atoms with Crippen molar-refractivity contribution in [3.8, 4) is 0 Å². The zero-order valence-electron chi connectivity index (χ0n) is 10.4. The number of hydrogen-bond acceptors (Lipinski definition) is 4. The van der Waals surface area contributed by atoms with Crippen molar-refractivity contribution in [3.63, 3.8) is 0 Å². The first-order valence-electron chi connectivity index (χ1n) is 5.58. The highest BCUT2D eigenvalue weighted by Gasteiger charge is 2.27. The fraction of sp³-hybridized carbons (Fsp3) is 0.364. The molecule has 0 bridgehead atoms. The third-order valence-corrected chi connectivity index (χ3v) is 4.54. The fourth-order valence-corrected chi connectivity index (χ4v) is 3.12. The summed E-state index contributed by atoms with van der Waals surface area (Å²) in [6.45, 7) is -1.95. The molecule has 0 fully saturated rings. The van der Waals surface area contributed by atoms with E-state index in [9.17, 15) is 17.2 Å². The first-order chi connectivity index (χ1) is 9.28. The molecule has 0 unspecified atom stereocenters. The summed E-state index contributed by atoms with van der Waals surface area (Å²) in [6.07, 6.45) is -2.84. The van der Waals surface area contributed by atoms with Crippen molar-refractivity contribution in [1.82, 2.24) is 4.31 Å². The molecule has 0 aliphatic carbocycles. The second-order valence-electron chi connectivity index (χ2n) is 3.87. The minimum absolute atomic E-state index is 0.00428. The van der Waals surface area contributed by atoms with E-state index < -0.39 is 36.1 Å². The lowest BCUT2D eigenvalue weighted by atomic mass is 10.2. The van der Waals surface area contributed by atoms with Gasteiger partial charge in [0.05, 0.1) is 18.0 Å². The van der Waals surface area contributed by atoms with E-state index in [1.54, 1.807) is 0 Å². The molecular formula is C11H14F2N2O3S2. The molecule has 20 heavy (non-hydrogen) atoms. The van der Waals surface area contributed by atoms with Crippen LogP contribution >= 0.6 is 12.2 Å². The van der Waals surface area contributed by atoms with E-state index >= 15 is 0 Å². The Bertz CT molecular complexity index is 579. The molecule has 1 aromatic rings. The highest BCUT2D eigenvalue weighted by atomic mass is 32.2. The normalized spacial score (nSPS) is 12.1. The lowest BCUT2D eigenvalue weighted by Crippen LogP contribution is -2.37. The number of rotatable bonds is 7. The lowest BCUT2D eigenvalue weighted by Gasteiger charge is -2.21. The van der Waals surface area contributed by atoms with Crippen LogP contribution in [0.15, 0.2) is 29.2 Å². The Morgan fingerprint density at radius 1 is 1.45 bits per heavy atom. The van der Waals surface area contributed by atoms with Gasteiger partial charge in [-0.25, -0.2) is 17.2 Å². The molecule has 0 radical (unpaired) electrons.